The van der Waals surface area contributed by atoms with Crippen LogP contribution in [0.3, 0.4) is 0 Å². The van der Waals surface area contributed by atoms with E-state index >= 15 is 0 Å². The van der Waals surface area contributed by atoms with Gasteiger partial charge in [0.25, 0.3) is 6.69 Å². The number of halogens is 5. The van der Waals surface area contributed by atoms with Gasteiger partial charge in [-0.25, -0.2) is 0 Å². The molecule has 0 saturated carbocycles. The zero-order chi connectivity index (χ0) is 19.7. The Morgan fingerprint density at radius 2 is 0.769 bits per heavy atom. The Kier molecular flexibility index (Phi) is 19.0. The monoisotopic (exact) mass is 498 g/mol. The molecular formula is C19H39Cl5Si2. The first kappa shape index (κ1) is 27.9. The molecular weight excluding hydrogens is 462 g/mol. The molecule has 0 spiro atoms. The molecule has 0 aliphatic carbocycles. The molecule has 0 saturated heterocycles. The third-order valence-electron chi connectivity index (χ3n) is 4.86. The largest absolute Gasteiger partial charge is 0.341 e. The van der Waals surface area contributed by atoms with Crippen LogP contribution in [0.25, 0.3) is 0 Å². The van der Waals surface area contributed by atoms with E-state index in [4.69, 9.17) is 55.4 Å². The van der Waals surface area contributed by atoms with Gasteiger partial charge in [0.15, 0.2) is 0 Å². The fourth-order valence-corrected chi connectivity index (χ4v) is 21.4. The molecule has 0 heterocycles. The Bertz CT molecular complexity index is 309. The highest BCUT2D eigenvalue weighted by Crippen LogP contribution is 2.38. The Hall–Kier alpha value is 1.88. The minimum Gasteiger partial charge on any atom is -0.146 e. The van der Waals surface area contributed by atoms with E-state index in [0.717, 1.165) is 12.5 Å². The van der Waals surface area contributed by atoms with Crippen LogP contribution in [0, 0.1) is 0 Å². The Balaban J connectivity index is 3.25. The van der Waals surface area contributed by atoms with E-state index < -0.39 is 12.7 Å². The van der Waals surface area contributed by atoms with Crippen LogP contribution in [0.15, 0.2) is 0 Å². The molecule has 0 aromatic rings. The normalized spacial score (nSPS) is 12.7. The second-order valence-electron chi connectivity index (χ2n) is 7.70. The lowest BCUT2D eigenvalue weighted by Gasteiger charge is -2.19. The van der Waals surface area contributed by atoms with Crippen LogP contribution in [-0.4, -0.2) is 12.7 Å². The van der Waals surface area contributed by atoms with E-state index in [9.17, 15) is 0 Å². The van der Waals surface area contributed by atoms with E-state index in [2.05, 4.69) is 6.92 Å². The summed E-state index contributed by atoms with van der Waals surface area (Å²) in [6.07, 6.45) is 21.8. The summed E-state index contributed by atoms with van der Waals surface area (Å²) in [5.41, 5.74) is 0.451. The topological polar surface area (TPSA) is 0 Å². The molecule has 0 amide bonds. The first-order valence-corrected chi connectivity index (χ1v) is 20.4. The molecule has 0 aliphatic rings. The van der Waals surface area contributed by atoms with Crippen LogP contribution in [-0.2, 0) is 0 Å². The SMILES string of the molecule is CCCCCCCCCCCCCCCCCC[Si](Cl)(Cl)C[Si](Cl)(Cl)Cl. The van der Waals surface area contributed by atoms with Crippen molar-refractivity contribution in [3.05, 3.63) is 0 Å². The first-order chi connectivity index (χ1) is 12.3. The fraction of sp³-hybridized carbons (Fsp3) is 1.00. The Morgan fingerprint density at radius 3 is 1.08 bits per heavy atom. The maximum absolute atomic E-state index is 6.37. The highest BCUT2D eigenvalue weighted by Gasteiger charge is 2.40. The third-order valence-corrected chi connectivity index (χ3v) is 16.8. The summed E-state index contributed by atoms with van der Waals surface area (Å²) in [7, 11) is 0. The van der Waals surface area contributed by atoms with Crippen molar-refractivity contribution in [3.8, 4) is 0 Å². The zero-order valence-electron chi connectivity index (χ0n) is 16.6. The van der Waals surface area contributed by atoms with E-state index in [1.54, 1.807) is 0 Å². The van der Waals surface area contributed by atoms with Gasteiger partial charge < -0.3 is 0 Å². The van der Waals surface area contributed by atoms with Crippen LogP contribution in [0.2, 0.25) is 11.7 Å². The lowest BCUT2D eigenvalue weighted by atomic mass is 10.0. The maximum atomic E-state index is 6.37. The number of rotatable bonds is 19. The van der Waals surface area contributed by atoms with Crippen molar-refractivity contribution in [2.45, 2.75) is 121 Å². The van der Waals surface area contributed by atoms with Crippen LogP contribution in [0.4, 0.5) is 0 Å². The summed E-state index contributed by atoms with van der Waals surface area (Å²) >= 11 is 30.5. The van der Waals surface area contributed by atoms with Gasteiger partial charge in [-0.15, -0.1) is 55.4 Å². The van der Waals surface area contributed by atoms with Gasteiger partial charge in [0.05, 0.1) is 0 Å². The average molecular weight is 501 g/mol. The molecule has 0 N–H and O–H groups in total. The molecule has 0 aliphatic heterocycles. The number of hydrogen-bond donors (Lipinski definition) is 0. The second-order valence-corrected chi connectivity index (χ2v) is 25.0. The van der Waals surface area contributed by atoms with Gasteiger partial charge in [0.2, 0.25) is 0 Å². The Labute approximate surface area is 188 Å². The molecule has 0 nitrogen and oxygen atoms in total. The van der Waals surface area contributed by atoms with Gasteiger partial charge in [-0.2, -0.15) is 0 Å². The summed E-state index contributed by atoms with van der Waals surface area (Å²) in [6, 6.07) is -1.83. The molecule has 0 bridgehead atoms. The molecule has 0 aromatic carbocycles. The highest BCUT2D eigenvalue weighted by atomic mass is 35.8. The third kappa shape index (κ3) is 22.2. The minimum atomic E-state index is -2.69. The zero-order valence-corrected chi connectivity index (χ0v) is 22.4. The summed E-state index contributed by atoms with van der Waals surface area (Å²) in [5, 5.41) is 0. The lowest BCUT2D eigenvalue weighted by Crippen LogP contribution is -2.28. The van der Waals surface area contributed by atoms with Crippen molar-refractivity contribution < 1.29 is 0 Å². The maximum Gasteiger partial charge on any atom is 0.341 e. The summed E-state index contributed by atoms with van der Waals surface area (Å²) in [4.78, 5) is 0. The number of unbranched alkanes of at least 4 members (excludes halogenated alkanes) is 15. The molecule has 0 atom stereocenters. The molecule has 0 rings (SSSR count). The summed E-state index contributed by atoms with van der Waals surface area (Å²) in [5.74, 6) is 0. The van der Waals surface area contributed by atoms with E-state index in [-0.39, 0.29) is 0 Å². The minimum absolute atomic E-state index is 0.451. The van der Waals surface area contributed by atoms with Crippen LogP contribution >= 0.6 is 55.4 Å². The van der Waals surface area contributed by atoms with E-state index in [1.165, 1.54) is 96.3 Å². The molecule has 0 aromatic heterocycles. The van der Waals surface area contributed by atoms with Crippen LogP contribution < -0.4 is 0 Å². The van der Waals surface area contributed by atoms with E-state index in [1.807, 2.05) is 0 Å². The van der Waals surface area contributed by atoms with Crippen molar-refractivity contribution in [2.24, 2.45) is 0 Å². The lowest BCUT2D eigenvalue weighted by molar-refractivity contribution is 0.531. The van der Waals surface area contributed by atoms with Gasteiger partial charge in [0, 0.05) is 5.67 Å². The molecule has 7 heteroatoms. The van der Waals surface area contributed by atoms with Crippen molar-refractivity contribution in [1.29, 1.82) is 0 Å². The summed E-state index contributed by atoms with van der Waals surface area (Å²) < 4.78 is 0. The second kappa shape index (κ2) is 17.7. The molecule has 0 fully saturated rings. The predicted octanol–water partition coefficient (Wildman–Crippen LogP) is 10.4. The molecule has 0 unspecified atom stereocenters. The predicted molar refractivity (Wildman–Crippen MR) is 130 cm³/mol. The van der Waals surface area contributed by atoms with Gasteiger partial charge in [-0.3, -0.25) is 0 Å². The quantitative estimate of drug-likeness (QED) is 0.0939. The van der Waals surface area contributed by atoms with Gasteiger partial charge in [-0.05, 0) is 6.04 Å². The highest BCUT2D eigenvalue weighted by molar-refractivity contribution is 7.69. The molecule has 0 radical (unpaired) electrons. The first-order valence-electron chi connectivity index (χ1n) is 10.7. The van der Waals surface area contributed by atoms with Crippen LogP contribution in [0.5, 0.6) is 0 Å². The van der Waals surface area contributed by atoms with Crippen molar-refractivity contribution >= 4 is 68.1 Å². The van der Waals surface area contributed by atoms with Gasteiger partial charge in [-0.1, -0.05) is 110 Å². The molecule has 158 valence electrons. The smallest absolute Gasteiger partial charge is 0.146 e. The average Bonchev–Trinajstić information content (AvgIpc) is 2.52. The Morgan fingerprint density at radius 1 is 0.462 bits per heavy atom. The van der Waals surface area contributed by atoms with Crippen LogP contribution in [0.1, 0.15) is 110 Å². The number of hydrogen-bond acceptors (Lipinski definition) is 0. The molecule has 26 heavy (non-hydrogen) atoms. The van der Waals surface area contributed by atoms with Crippen molar-refractivity contribution in [3.63, 3.8) is 0 Å². The summed E-state index contributed by atoms with van der Waals surface area (Å²) in [6.45, 7) is -0.0559. The van der Waals surface area contributed by atoms with Gasteiger partial charge in [0.1, 0.15) is 0 Å². The van der Waals surface area contributed by atoms with Crippen molar-refractivity contribution in [1.82, 2.24) is 0 Å². The van der Waals surface area contributed by atoms with Gasteiger partial charge >= 0.3 is 6.00 Å². The fourth-order valence-electron chi connectivity index (χ4n) is 3.31. The van der Waals surface area contributed by atoms with E-state index in [0.29, 0.717) is 5.67 Å². The van der Waals surface area contributed by atoms with Crippen molar-refractivity contribution in [2.75, 3.05) is 0 Å². The standard InChI is InChI=1S/C19H39Cl5Si2/c1-2-3-4-5-6-7-8-9-10-11-12-13-14-15-16-17-18-25(20,21)19-26(22,23)24/h2-19H2,1H3.